The van der Waals surface area contributed by atoms with Gasteiger partial charge in [-0.05, 0) is 54.4 Å². The molecule has 1 aromatic carbocycles. The van der Waals surface area contributed by atoms with E-state index in [0.717, 1.165) is 0 Å². The number of rotatable bonds is 5. The van der Waals surface area contributed by atoms with Crippen molar-refractivity contribution < 1.29 is 14.1 Å². The average Bonchev–Trinajstić information content (AvgIpc) is 2.36. The third-order valence-electron chi connectivity index (χ3n) is 2.65. The normalized spacial score (nSPS) is 12.7. The van der Waals surface area contributed by atoms with Crippen molar-refractivity contribution in [3.05, 3.63) is 28.2 Å². The van der Waals surface area contributed by atoms with E-state index in [9.17, 15) is 9.00 Å². The minimum Gasteiger partial charge on any atom is -0.478 e. The maximum atomic E-state index is 12.1. The fourth-order valence-electron chi connectivity index (χ4n) is 1.33. The summed E-state index contributed by atoms with van der Waals surface area (Å²) in [4.78, 5) is 11.5. The van der Waals surface area contributed by atoms with Crippen LogP contribution in [0.2, 0.25) is 0 Å². The highest BCUT2D eigenvalue weighted by atomic mass is 79.9. The van der Waals surface area contributed by atoms with Crippen molar-refractivity contribution in [3.8, 4) is 6.07 Å². The second-order valence-corrected chi connectivity index (χ2v) is 7.17. The van der Waals surface area contributed by atoms with Crippen molar-refractivity contribution in [1.82, 2.24) is 0 Å². The molecule has 1 atom stereocenters. The Bertz CT molecular complexity index is 563. The molecule has 0 aliphatic heterocycles. The van der Waals surface area contributed by atoms with Gasteiger partial charge in [-0.25, -0.2) is 4.79 Å². The largest absolute Gasteiger partial charge is 0.478 e. The Balaban J connectivity index is 2.87. The number of benzene rings is 1. The molecule has 0 aromatic heterocycles. The van der Waals surface area contributed by atoms with Crippen LogP contribution in [-0.2, 0) is 10.8 Å². The number of nitriles is 1. The smallest absolute Gasteiger partial charge is 0.336 e. The molecule has 0 fully saturated rings. The molecule has 6 heteroatoms. The average molecular weight is 344 g/mol. The first-order valence-electron chi connectivity index (χ1n) is 5.59. The summed E-state index contributed by atoms with van der Waals surface area (Å²) in [6, 6.07) is 6.76. The SMILES string of the molecule is CC(C)(C#N)CCS(=O)c1ccc(Br)c(C(=O)O)c1. The van der Waals surface area contributed by atoms with Gasteiger partial charge in [-0.3, -0.25) is 4.21 Å². The van der Waals surface area contributed by atoms with Crippen LogP contribution in [0, 0.1) is 16.7 Å². The quantitative estimate of drug-likeness (QED) is 0.890. The highest BCUT2D eigenvalue weighted by Gasteiger charge is 2.19. The molecule has 0 bridgehead atoms. The summed E-state index contributed by atoms with van der Waals surface area (Å²) < 4.78 is 12.5. The van der Waals surface area contributed by atoms with Gasteiger partial charge < -0.3 is 5.11 Å². The lowest BCUT2D eigenvalue weighted by molar-refractivity contribution is 0.0695. The van der Waals surface area contributed by atoms with Crippen molar-refractivity contribution in [2.75, 3.05) is 5.75 Å². The minimum atomic E-state index is -1.30. The van der Waals surface area contributed by atoms with Crippen molar-refractivity contribution in [2.45, 2.75) is 25.2 Å². The molecule has 19 heavy (non-hydrogen) atoms. The molecule has 1 unspecified atom stereocenters. The van der Waals surface area contributed by atoms with Crippen molar-refractivity contribution >= 4 is 32.7 Å². The number of hydrogen-bond donors (Lipinski definition) is 1. The van der Waals surface area contributed by atoms with Crippen molar-refractivity contribution in [2.24, 2.45) is 5.41 Å². The van der Waals surface area contributed by atoms with E-state index in [4.69, 9.17) is 10.4 Å². The van der Waals surface area contributed by atoms with E-state index < -0.39 is 22.2 Å². The summed E-state index contributed by atoms with van der Waals surface area (Å²) in [7, 11) is -1.30. The van der Waals surface area contributed by atoms with E-state index >= 15 is 0 Å². The van der Waals surface area contributed by atoms with E-state index in [1.165, 1.54) is 6.07 Å². The molecular formula is C13H14BrNO3S. The predicted octanol–water partition coefficient (Wildman–Crippen LogP) is 3.19. The fourth-order valence-corrected chi connectivity index (χ4v) is 3.15. The number of halogens is 1. The van der Waals surface area contributed by atoms with E-state index in [1.807, 2.05) is 0 Å². The molecule has 1 rings (SSSR count). The first-order valence-corrected chi connectivity index (χ1v) is 7.70. The molecule has 0 radical (unpaired) electrons. The summed E-state index contributed by atoms with van der Waals surface area (Å²) in [6.45, 7) is 3.57. The number of carboxylic acids is 1. The molecule has 102 valence electrons. The summed E-state index contributed by atoms with van der Waals surface area (Å²) in [5.41, 5.74) is -0.439. The Labute approximate surface area is 123 Å². The fraction of sp³-hybridized carbons (Fsp3) is 0.385. The Hall–Kier alpha value is -1.19. The van der Waals surface area contributed by atoms with Gasteiger partial charge in [-0.15, -0.1) is 0 Å². The van der Waals surface area contributed by atoms with Gasteiger partial charge in [0.05, 0.1) is 27.8 Å². The monoisotopic (exact) mass is 343 g/mol. The van der Waals surface area contributed by atoms with Crippen molar-refractivity contribution in [1.29, 1.82) is 5.26 Å². The summed E-state index contributed by atoms with van der Waals surface area (Å²) in [5.74, 6) is -0.732. The van der Waals surface area contributed by atoms with Gasteiger partial charge in [0.25, 0.3) is 0 Å². The molecule has 0 heterocycles. The van der Waals surface area contributed by atoms with Gasteiger partial charge in [0.2, 0.25) is 0 Å². The Kier molecular flexibility index (Phi) is 5.27. The molecule has 1 N–H and O–H groups in total. The maximum absolute atomic E-state index is 12.1. The van der Waals surface area contributed by atoms with Gasteiger partial charge in [0, 0.05) is 15.1 Å². The first kappa shape index (κ1) is 15.9. The molecule has 4 nitrogen and oxygen atoms in total. The van der Waals surface area contributed by atoms with E-state index in [2.05, 4.69) is 22.0 Å². The van der Waals surface area contributed by atoms with Crippen LogP contribution in [-0.4, -0.2) is 21.0 Å². The number of carbonyl (C=O) groups is 1. The van der Waals surface area contributed by atoms with Crippen LogP contribution in [0.3, 0.4) is 0 Å². The summed E-state index contributed by atoms with van der Waals surface area (Å²) in [6.07, 6.45) is 0.495. The molecule has 0 saturated carbocycles. The Morgan fingerprint density at radius 2 is 2.16 bits per heavy atom. The molecule has 0 spiro atoms. The molecule has 0 aliphatic carbocycles. The van der Waals surface area contributed by atoms with Gasteiger partial charge in [0.15, 0.2) is 0 Å². The van der Waals surface area contributed by atoms with E-state index in [-0.39, 0.29) is 5.56 Å². The van der Waals surface area contributed by atoms with Crippen LogP contribution >= 0.6 is 15.9 Å². The van der Waals surface area contributed by atoms with Crippen LogP contribution in [0.1, 0.15) is 30.6 Å². The third kappa shape index (κ3) is 4.44. The lowest BCUT2D eigenvalue weighted by atomic mass is 9.93. The summed E-state index contributed by atoms with van der Waals surface area (Å²) in [5, 5.41) is 17.9. The number of aromatic carboxylic acids is 1. The molecule has 0 amide bonds. The molecule has 0 aliphatic rings. The lowest BCUT2D eigenvalue weighted by Gasteiger charge is -2.14. The van der Waals surface area contributed by atoms with Gasteiger partial charge >= 0.3 is 5.97 Å². The Morgan fingerprint density at radius 1 is 1.53 bits per heavy atom. The zero-order valence-corrected chi connectivity index (χ0v) is 13.0. The van der Waals surface area contributed by atoms with Crippen LogP contribution in [0.4, 0.5) is 0 Å². The lowest BCUT2D eigenvalue weighted by Crippen LogP contribution is -2.13. The van der Waals surface area contributed by atoms with Crippen LogP contribution in [0.5, 0.6) is 0 Å². The number of hydrogen-bond acceptors (Lipinski definition) is 3. The van der Waals surface area contributed by atoms with E-state index in [1.54, 1.807) is 26.0 Å². The Morgan fingerprint density at radius 3 is 2.68 bits per heavy atom. The maximum Gasteiger partial charge on any atom is 0.336 e. The predicted molar refractivity (Wildman–Crippen MR) is 76.4 cm³/mol. The zero-order valence-electron chi connectivity index (χ0n) is 10.6. The first-order chi connectivity index (χ1) is 8.76. The van der Waals surface area contributed by atoms with Gasteiger partial charge in [0.1, 0.15) is 0 Å². The third-order valence-corrected chi connectivity index (χ3v) is 4.69. The molecular weight excluding hydrogens is 330 g/mol. The van der Waals surface area contributed by atoms with Gasteiger partial charge in [-0.1, -0.05) is 0 Å². The standard InChI is InChI=1S/C13H14BrNO3S/c1-13(2,8-15)5-6-19(18)9-3-4-11(14)10(7-9)12(16)17/h3-4,7H,5-6H2,1-2H3,(H,16,17). The highest BCUT2D eigenvalue weighted by Crippen LogP contribution is 2.23. The van der Waals surface area contributed by atoms with Crippen molar-refractivity contribution in [3.63, 3.8) is 0 Å². The second kappa shape index (κ2) is 6.31. The topological polar surface area (TPSA) is 78.2 Å². The van der Waals surface area contributed by atoms with Crippen LogP contribution in [0.25, 0.3) is 0 Å². The molecule has 0 saturated heterocycles. The van der Waals surface area contributed by atoms with Crippen LogP contribution in [0.15, 0.2) is 27.6 Å². The minimum absolute atomic E-state index is 0.0883. The number of carboxylic acid groups (broad SMARTS) is 1. The molecule has 1 aromatic rings. The van der Waals surface area contributed by atoms with Gasteiger partial charge in [-0.2, -0.15) is 5.26 Å². The van der Waals surface area contributed by atoms with E-state index in [0.29, 0.717) is 21.5 Å². The second-order valence-electron chi connectivity index (χ2n) is 4.74. The number of nitrogens with zero attached hydrogens (tertiary/aromatic N) is 1. The van der Waals surface area contributed by atoms with Crippen LogP contribution < -0.4 is 0 Å². The summed E-state index contributed by atoms with van der Waals surface area (Å²) >= 11 is 3.14. The zero-order chi connectivity index (χ0) is 14.6. The highest BCUT2D eigenvalue weighted by molar-refractivity contribution is 9.10.